The van der Waals surface area contributed by atoms with Crippen molar-refractivity contribution in [3.05, 3.63) is 59.7 Å². The van der Waals surface area contributed by atoms with Crippen LogP contribution in [0.3, 0.4) is 0 Å². The highest BCUT2D eigenvalue weighted by molar-refractivity contribution is 7.92. The van der Waals surface area contributed by atoms with Crippen LogP contribution in [0.2, 0.25) is 0 Å². The Kier molecular flexibility index (Phi) is 8.15. The van der Waals surface area contributed by atoms with Gasteiger partial charge in [0.05, 0.1) is 11.9 Å². The monoisotopic (exact) mass is 459 g/mol. The smallest absolute Gasteiger partial charge is 0.261 e. The third-order valence-electron chi connectivity index (χ3n) is 5.80. The van der Waals surface area contributed by atoms with E-state index >= 15 is 0 Å². The largest absolute Gasteiger partial charge is 0.481 e. The van der Waals surface area contributed by atoms with Crippen LogP contribution in [0.15, 0.2) is 48.5 Å². The van der Waals surface area contributed by atoms with E-state index in [9.17, 15) is 13.2 Å². The van der Waals surface area contributed by atoms with Gasteiger partial charge in [-0.25, -0.2) is 8.42 Å². The van der Waals surface area contributed by atoms with E-state index in [1.165, 1.54) is 29.8 Å². The molecule has 0 aromatic heterocycles. The molecule has 3 rings (SSSR count). The number of hydrogen-bond donors (Lipinski definition) is 1. The fourth-order valence-electron chi connectivity index (χ4n) is 3.77. The lowest BCUT2D eigenvalue weighted by Gasteiger charge is -2.20. The Morgan fingerprint density at radius 1 is 1.09 bits per heavy atom. The van der Waals surface area contributed by atoms with E-state index < -0.39 is 16.1 Å². The molecule has 7 nitrogen and oxygen atoms in total. The number of hydrogen-bond acceptors (Lipinski definition) is 5. The number of anilines is 1. The molecule has 1 N–H and O–H groups in total. The molecular formula is C24H33N3O4S. The van der Waals surface area contributed by atoms with Crippen molar-refractivity contribution in [2.45, 2.75) is 45.4 Å². The number of carbonyl (C=O) groups is 1. The molecule has 174 valence electrons. The van der Waals surface area contributed by atoms with Crippen molar-refractivity contribution in [2.75, 3.05) is 30.7 Å². The maximum atomic E-state index is 12.8. The van der Waals surface area contributed by atoms with Gasteiger partial charge in [-0.05, 0) is 67.7 Å². The predicted molar refractivity (Wildman–Crippen MR) is 127 cm³/mol. The van der Waals surface area contributed by atoms with Gasteiger partial charge < -0.3 is 10.1 Å². The summed E-state index contributed by atoms with van der Waals surface area (Å²) in [4.78, 5) is 15.2. The van der Waals surface area contributed by atoms with Crippen LogP contribution in [0.5, 0.6) is 5.75 Å². The van der Waals surface area contributed by atoms with Gasteiger partial charge in [0.2, 0.25) is 10.0 Å². The fourth-order valence-corrected chi connectivity index (χ4v) is 4.28. The van der Waals surface area contributed by atoms with E-state index in [2.05, 4.69) is 22.3 Å². The molecule has 2 aromatic rings. The summed E-state index contributed by atoms with van der Waals surface area (Å²) in [5.41, 5.74) is 2.90. The Bertz CT molecular complexity index is 1000. The Hall–Kier alpha value is -2.58. The van der Waals surface area contributed by atoms with Gasteiger partial charge in [0.1, 0.15) is 5.75 Å². The summed E-state index contributed by atoms with van der Waals surface area (Å²) in [6, 6.07) is 14.9. The Morgan fingerprint density at radius 2 is 1.72 bits per heavy atom. The number of carbonyl (C=O) groups excluding carboxylic acids is 1. The van der Waals surface area contributed by atoms with Crippen LogP contribution in [0, 0.1) is 0 Å². The minimum atomic E-state index is -3.33. The third-order valence-corrected chi connectivity index (χ3v) is 7.01. The van der Waals surface area contributed by atoms with Crippen LogP contribution in [0.1, 0.15) is 37.3 Å². The average Bonchev–Trinajstić information content (AvgIpc) is 3.29. The van der Waals surface area contributed by atoms with Gasteiger partial charge in [-0.15, -0.1) is 0 Å². The molecule has 1 aliphatic rings. The van der Waals surface area contributed by atoms with Crippen molar-refractivity contribution in [1.29, 1.82) is 0 Å². The highest BCUT2D eigenvalue weighted by atomic mass is 32.2. The molecule has 0 aliphatic carbocycles. The first-order valence-corrected chi connectivity index (χ1v) is 12.9. The quantitative estimate of drug-likeness (QED) is 0.591. The lowest BCUT2D eigenvalue weighted by molar-refractivity contribution is -0.128. The molecule has 1 aliphatic heterocycles. The molecule has 32 heavy (non-hydrogen) atoms. The van der Waals surface area contributed by atoms with Gasteiger partial charge in [0, 0.05) is 20.1 Å². The highest BCUT2D eigenvalue weighted by Crippen LogP contribution is 2.22. The summed E-state index contributed by atoms with van der Waals surface area (Å²) < 4.78 is 30.4. The SMILES string of the molecule is CC[C@@H](Oc1ccc(N(C)S(C)(=O)=O)cc1)C(=O)NCc1ccccc1CN1CCCC1. The first kappa shape index (κ1) is 24.1. The summed E-state index contributed by atoms with van der Waals surface area (Å²) in [7, 11) is -1.83. The van der Waals surface area contributed by atoms with Crippen LogP contribution >= 0.6 is 0 Å². The summed E-state index contributed by atoms with van der Waals surface area (Å²) >= 11 is 0. The lowest BCUT2D eigenvalue weighted by atomic mass is 10.1. The molecule has 0 bridgehead atoms. The van der Waals surface area contributed by atoms with Gasteiger partial charge in [-0.2, -0.15) is 0 Å². The molecule has 2 aromatic carbocycles. The van der Waals surface area contributed by atoms with Crippen molar-refractivity contribution in [2.24, 2.45) is 0 Å². The number of amides is 1. The van der Waals surface area contributed by atoms with Crippen LogP contribution < -0.4 is 14.4 Å². The van der Waals surface area contributed by atoms with Crippen LogP contribution in [-0.2, 0) is 27.9 Å². The number of ether oxygens (including phenoxy) is 1. The molecule has 0 unspecified atom stereocenters. The second-order valence-corrected chi connectivity index (χ2v) is 10.2. The average molecular weight is 460 g/mol. The number of benzene rings is 2. The topological polar surface area (TPSA) is 78.9 Å². The molecule has 1 fully saturated rings. The van der Waals surface area contributed by atoms with Crippen LogP contribution in [0.4, 0.5) is 5.69 Å². The summed E-state index contributed by atoms with van der Waals surface area (Å²) in [5, 5.41) is 3.02. The number of likely N-dealkylation sites (tertiary alicyclic amines) is 1. The molecule has 0 radical (unpaired) electrons. The van der Waals surface area contributed by atoms with E-state index in [1.807, 2.05) is 19.1 Å². The molecule has 0 spiro atoms. The molecule has 1 heterocycles. The standard InChI is InChI=1S/C24H33N3O4S/c1-4-23(31-22-13-11-21(12-14-22)26(2)32(3,29)30)24(28)25-17-19-9-5-6-10-20(19)18-27-15-7-8-16-27/h5-6,9-14,23H,4,7-8,15-18H2,1-3H3,(H,25,28)/t23-/m1/s1. The van der Waals surface area contributed by atoms with Crippen LogP contribution in [0.25, 0.3) is 0 Å². The Morgan fingerprint density at radius 3 is 2.31 bits per heavy atom. The van der Waals surface area contributed by atoms with E-state index in [0.717, 1.165) is 31.5 Å². The number of rotatable bonds is 10. The molecule has 8 heteroatoms. The second-order valence-electron chi connectivity index (χ2n) is 8.21. The Balaban J connectivity index is 1.58. The maximum absolute atomic E-state index is 12.8. The van der Waals surface area contributed by atoms with Crippen molar-refractivity contribution in [3.8, 4) is 5.75 Å². The maximum Gasteiger partial charge on any atom is 0.261 e. The number of nitrogens with zero attached hydrogens (tertiary/aromatic N) is 2. The summed E-state index contributed by atoms with van der Waals surface area (Å²) in [6.45, 7) is 5.53. The molecule has 1 saturated heterocycles. The zero-order valence-corrected chi connectivity index (χ0v) is 19.9. The van der Waals surface area contributed by atoms with Crippen molar-refractivity contribution >= 4 is 21.6 Å². The molecule has 0 saturated carbocycles. The van der Waals surface area contributed by atoms with Crippen molar-refractivity contribution in [3.63, 3.8) is 0 Å². The van der Waals surface area contributed by atoms with Gasteiger partial charge in [0.15, 0.2) is 6.10 Å². The second kappa shape index (κ2) is 10.8. The molecular weight excluding hydrogens is 426 g/mol. The van der Waals surface area contributed by atoms with E-state index in [-0.39, 0.29) is 5.91 Å². The molecule has 1 amide bonds. The highest BCUT2D eigenvalue weighted by Gasteiger charge is 2.20. The fraction of sp³-hybridized carbons (Fsp3) is 0.458. The normalized spacial score (nSPS) is 15.3. The summed E-state index contributed by atoms with van der Waals surface area (Å²) in [5.74, 6) is 0.355. The van der Waals surface area contributed by atoms with Crippen molar-refractivity contribution < 1.29 is 17.9 Å². The third kappa shape index (κ3) is 6.46. The van der Waals surface area contributed by atoms with Gasteiger partial charge >= 0.3 is 0 Å². The minimum absolute atomic E-state index is 0.166. The zero-order valence-electron chi connectivity index (χ0n) is 19.1. The zero-order chi connectivity index (χ0) is 23.1. The number of sulfonamides is 1. The van der Waals surface area contributed by atoms with Gasteiger partial charge in [-0.3, -0.25) is 14.0 Å². The number of nitrogens with one attached hydrogen (secondary N) is 1. The first-order chi connectivity index (χ1) is 15.3. The lowest BCUT2D eigenvalue weighted by Crippen LogP contribution is -2.37. The van der Waals surface area contributed by atoms with E-state index in [0.29, 0.717) is 24.4 Å². The minimum Gasteiger partial charge on any atom is -0.481 e. The van der Waals surface area contributed by atoms with Crippen molar-refractivity contribution in [1.82, 2.24) is 10.2 Å². The Labute approximate surface area is 191 Å². The summed E-state index contributed by atoms with van der Waals surface area (Å²) in [6.07, 6.45) is 3.55. The van der Waals surface area contributed by atoms with Gasteiger partial charge in [-0.1, -0.05) is 31.2 Å². The van der Waals surface area contributed by atoms with E-state index in [1.54, 1.807) is 24.3 Å². The van der Waals surface area contributed by atoms with E-state index in [4.69, 9.17) is 4.74 Å². The van der Waals surface area contributed by atoms with Gasteiger partial charge in [0.25, 0.3) is 5.91 Å². The first-order valence-electron chi connectivity index (χ1n) is 11.1. The molecule has 1 atom stereocenters. The predicted octanol–water partition coefficient (Wildman–Crippen LogP) is 3.15. The van der Waals surface area contributed by atoms with Crippen LogP contribution in [-0.4, -0.2) is 51.7 Å².